The number of carbonyl (C=O) groups is 3. The molecule has 3 rings (SSSR count). The van der Waals surface area contributed by atoms with E-state index in [1.807, 2.05) is 37.3 Å². The van der Waals surface area contributed by atoms with Crippen molar-refractivity contribution in [3.05, 3.63) is 83.6 Å². The van der Waals surface area contributed by atoms with Crippen LogP contribution in [0.2, 0.25) is 0 Å². The Morgan fingerprint density at radius 3 is 2.31 bits per heavy atom. The number of amides is 1. The molecule has 148 valence electrons. The predicted molar refractivity (Wildman–Crippen MR) is 107 cm³/mol. The van der Waals surface area contributed by atoms with Gasteiger partial charge in [-0.05, 0) is 31.5 Å². The molecule has 0 unspecified atom stereocenters. The van der Waals surface area contributed by atoms with E-state index >= 15 is 0 Å². The molecule has 0 aliphatic rings. The third-order valence-corrected chi connectivity index (χ3v) is 4.39. The minimum atomic E-state index is -0.723. The number of benzene rings is 2. The molecule has 29 heavy (non-hydrogen) atoms. The lowest BCUT2D eigenvalue weighted by atomic mass is 10.1. The normalized spacial score (nSPS) is 11.5. The maximum absolute atomic E-state index is 12.2. The van der Waals surface area contributed by atoms with Gasteiger partial charge in [0.05, 0.1) is 6.04 Å². The van der Waals surface area contributed by atoms with Crippen molar-refractivity contribution in [1.29, 1.82) is 0 Å². The Balaban J connectivity index is 1.55. The molecule has 0 saturated carbocycles. The molecular formula is C23H21NO5. The van der Waals surface area contributed by atoms with Gasteiger partial charge in [-0.2, -0.15) is 0 Å². The van der Waals surface area contributed by atoms with Crippen LogP contribution in [0.4, 0.5) is 0 Å². The first-order valence-corrected chi connectivity index (χ1v) is 9.16. The van der Waals surface area contributed by atoms with Crippen molar-refractivity contribution in [3.8, 4) is 11.3 Å². The van der Waals surface area contributed by atoms with E-state index in [4.69, 9.17) is 9.15 Å². The number of rotatable bonds is 7. The number of hydrogen-bond donors (Lipinski definition) is 1. The first-order valence-electron chi connectivity index (χ1n) is 9.16. The van der Waals surface area contributed by atoms with E-state index in [9.17, 15) is 14.4 Å². The fourth-order valence-electron chi connectivity index (χ4n) is 2.78. The molecular weight excluding hydrogens is 370 g/mol. The summed E-state index contributed by atoms with van der Waals surface area (Å²) in [6.45, 7) is 2.94. The van der Waals surface area contributed by atoms with Gasteiger partial charge < -0.3 is 14.5 Å². The van der Waals surface area contributed by atoms with E-state index < -0.39 is 18.5 Å². The molecule has 1 atom stereocenters. The van der Waals surface area contributed by atoms with Gasteiger partial charge in [0.15, 0.2) is 12.4 Å². The lowest BCUT2D eigenvalue weighted by Crippen LogP contribution is -2.31. The van der Waals surface area contributed by atoms with Gasteiger partial charge in [-0.3, -0.25) is 9.59 Å². The zero-order valence-corrected chi connectivity index (χ0v) is 16.2. The van der Waals surface area contributed by atoms with Crippen molar-refractivity contribution in [2.75, 3.05) is 6.61 Å². The summed E-state index contributed by atoms with van der Waals surface area (Å²) in [5, 5.41) is 2.77. The van der Waals surface area contributed by atoms with Crippen LogP contribution in [0.5, 0.6) is 0 Å². The summed E-state index contributed by atoms with van der Waals surface area (Å²) in [7, 11) is 0. The van der Waals surface area contributed by atoms with Gasteiger partial charge in [0.2, 0.25) is 5.76 Å². The van der Waals surface area contributed by atoms with Crippen LogP contribution in [-0.2, 0) is 9.53 Å². The number of hydrogen-bond acceptors (Lipinski definition) is 5. The van der Waals surface area contributed by atoms with Crippen LogP contribution < -0.4 is 5.32 Å². The van der Waals surface area contributed by atoms with E-state index in [-0.39, 0.29) is 17.6 Å². The van der Waals surface area contributed by atoms with Crippen molar-refractivity contribution < 1.29 is 23.5 Å². The third-order valence-electron chi connectivity index (χ3n) is 4.39. The van der Waals surface area contributed by atoms with Crippen LogP contribution in [0.1, 0.15) is 46.4 Å². The molecule has 2 aromatic carbocycles. The largest absolute Gasteiger partial charge is 0.450 e. The van der Waals surface area contributed by atoms with Crippen LogP contribution in [-0.4, -0.2) is 24.3 Å². The Kier molecular flexibility index (Phi) is 6.24. The molecule has 1 aromatic heterocycles. The summed E-state index contributed by atoms with van der Waals surface area (Å²) < 4.78 is 10.6. The second-order valence-corrected chi connectivity index (χ2v) is 6.57. The number of esters is 1. The average Bonchev–Trinajstić information content (AvgIpc) is 3.23. The number of Topliss-reactive ketones (excluding diaryl/α,β-unsaturated/α-hetero) is 1. The zero-order valence-electron chi connectivity index (χ0n) is 16.2. The second-order valence-electron chi connectivity index (χ2n) is 6.57. The molecule has 0 aliphatic carbocycles. The minimum Gasteiger partial charge on any atom is -0.450 e. The van der Waals surface area contributed by atoms with E-state index in [0.29, 0.717) is 11.3 Å². The first-order chi connectivity index (χ1) is 13.9. The summed E-state index contributed by atoms with van der Waals surface area (Å²) >= 11 is 0. The summed E-state index contributed by atoms with van der Waals surface area (Å²) in [4.78, 5) is 35.5. The van der Waals surface area contributed by atoms with Gasteiger partial charge in [0, 0.05) is 11.1 Å². The summed E-state index contributed by atoms with van der Waals surface area (Å²) in [5.41, 5.74) is 2.28. The summed E-state index contributed by atoms with van der Waals surface area (Å²) in [6, 6.07) is 19.3. The standard InChI is InChI=1S/C23H21NO5/c1-15(17-6-4-3-5-7-17)24-22(26)14-28-23(27)21-13-12-20(29-21)19-10-8-18(9-11-19)16(2)25/h3-13,15H,14H2,1-2H3,(H,24,26)/t15-/m1/s1. The molecule has 0 fully saturated rings. The molecule has 0 aliphatic heterocycles. The zero-order chi connectivity index (χ0) is 20.8. The van der Waals surface area contributed by atoms with E-state index in [2.05, 4.69) is 5.32 Å². The van der Waals surface area contributed by atoms with Crippen molar-refractivity contribution >= 4 is 17.7 Å². The molecule has 3 aromatic rings. The lowest BCUT2D eigenvalue weighted by molar-refractivity contribution is -0.124. The topological polar surface area (TPSA) is 85.6 Å². The Morgan fingerprint density at radius 2 is 1.66 bits per heavy atom. The first kappa shape index (κ1) is 20.1. The maximum atomic E-state index is 12.2. The van der Waals surface area contributed by atoms with Gasteiger partial charge in [-0.1, -0.05) is 54.6 Å². The molecule has 1 N–H and O–H groups in total. The monoisotopic (exact) mass is 391 g/mol. The molecule has 0 bridgehead atoms. The van der Waals surface area contributed by atoms with Gasteiger partial charge >= 0.3 is 5.97 Å². The van der Waals surface area contributed by atoms with Crippen molar-refractivity contribution in [1.82, 2.24) is 5.32 Å². The molecule has 0 saturated heterocycles. The quantitative estimate of drug-likeness (QED) is 0.482. The van der Waals surface area contributed by atoms with Crippen LogP contribution in [0.3, 0.4) is 0 Å². The van der Waals surface area contributed by atoms with Crippen LogP contribution in [0, 0.1) is 0 Å². The molecule has 6 heteroatoms. The Morgan fingerprint density at radius 1 is 0.966 bits per heavy atom. The van der Waals surface area contributed by atoms with Crippen LogP contribution >= 0.6 is 0 Å². The minimum absolute atomic E-state index is 0.000415. The van der Waals surface area contributed by atoms with Gasteiger partial charge in [-0.25, -0.2) is 4.79 Å². The number of ketones is 1. The molecule has 6 nitrogen and oxygen atoms in total. The molecule has 1 amide bonds. The molecule has 0 spiro atoms. The highest BCUT2D eigenvalue weighted by Gasteiger charge is 2.16. The van der Waals surface area contributed by atoms with E-state index in [1.165, 1.54) is 13.0 Å². The van der Waals surface area contributed by atoms with Crippen molar-refractivity contribution in [2.45, 2.75) is 19.9 Å². The van der Waals surface area contributed by atoms with Crippen LogP contribution in [0.15, 0.2) is 71.1 Å². The highest BCUT2D eigenvalue weighted by molar-refractivity contribution is 5.94. The van der Waals surface area contributed by atoms with E-state index in [0.717, 1.165) is 11.1 Å². The SMILES string of the molecule is CC(=O)c1ccc(-c2ccc(C(=O)OCC(=O)N[C@H](C)c3ccccc3)o2)cc1. The summed E-state index contributed by atoms with van der Waals surface area (Å²) in [5.74, 6) is -0.686. The lowest BCUT2D eigenvalue weighted by Gasteiger charge is -2.14. The second kappa shape index (κ2) is 9.01. The predicted octanol–water partition coefficient (Wildman–Crippen LogP) is 4.18. The number of furan rings is 1. The van der Waals surface area contributed by atoms with Gasteiger partial charge in [0.25, 0.3) is 5.91 Å². The van der Waals surface area contributed by atoms with Crippen LogP contribution in [0.25, 0.3) is 11.3 Å². The number of nitrogens with one attached hydrogen (secondary N) is 1. The number of ether oxygens (including phenoxy) is 1. The van der Waals surface area contributed by atoms with Crippen molar-refractivity contribution in [2.24, 2.45) is 0 Å². The fourth-order valence-corrected chi connectivity index (χ4v) is 2.78. The number of carbonyl (C=O) groups excluding carboxylic acids is 3. The Hall–Kier alpha value is -3.67. The third kappa shape index (κ3) is 5.19. The smallest absolute Gasteiger partial charge is 0.374 e. The van der Waals surface area contributed by atoms with Gasteiger partial charge in [-0.15, -0.1) is 0 Å². The highest BCUT2D eigenvalue weighted by atomic mass is 16.5. The molecule has 0 radical (unpaired) electrons. The molecule has 1 heterocycles. The van der Waals surface area contributed by atoms with E-state index in [1.54, 1.807) is 30.3 Å². The maximum Gasteiger partial charge on any atom is 0.374 e. The average molecular weight is 391 g/mol. The Labute approximate surface area is 168 Å². The highest BCUT2D eigenvalue weighted by Crippen LogP contribution is 2.23. The summed E-state index contributed by atoms with van der Waals surface area (Å²) in [6.07, 6.45) is 0. The fraction of sp³-hybridized carbons (Fsp3) is 0.174. The van der Waals surface area contributed by atoms with Gasteiger partial charge in [0.1, 0.15) is 5.76 Å². The van der Waals surface area contributed by atoms with Crippen molar-refractivity contribution in [3.63, 3.8) is 0 Å². The Bertz CT molecular complexity index is 1010.